The molecule has 0 aliphatic carbocycles. The predicted molar refractivity (Wildman–Crippen MR) is 78.4 cm³/mol. The van der Waals surface area contributed by atoms with Crippen LogP contribution >= 0.6 is 0 Å². The first-order valence-electron chi connectivity index (χ1n) is 7.00. The Kier molecular flexibility index (Phi) is 4.77. The molecule has 1 unspecified atom stereocenters. The van der Waals surface area contributed by atoms with E-state index in [1.165, 1.54) is 17.0 Å². The van der Waals surface area contributed by atoms with Gasteiger partial charge in [-0.15, -0.1) is 0 Å². The normalized spacial score (nSPS) is 18.2. The van der Waals surface area contributed by atoms with Gasteiger partial charge < -0.3 is 15.1 Å². The SMILES string of the molecule is CN(C)C(=O)N1CCCC(C(=O)Nc2ccccc2F)C1. The Morgan fingerprint density at radius 2 is 2.05 bits per heavy atom. The molecular weight excluding hydrogens is 273 g/mol. The Morgan fingerprint density at radius 1 is 1.33 bits per heavy atom. The van der Waals surface area contributed by atoms with Gasteiger partial charge in [-0.1, -0.05) is 12.1 Å². The molecule has 1 aromatic rings. The average molecular weight is 293 g/mol. The van der Waals surface area contributed by atoms with Crippen molar-refractivity contribution in [2.45, 2.75) is 12.8 Å². The highest BCUT2D eigenvalue weighted by atomic mass is 19.1. The van der Waals surface area contributed by atoms with Gasteiger partial charge in [-0.05, 0) is 25.0 Å². The second kappa shape index (κ2) is 6.56. The van der Waals surface area contributed by atoms with Crippen LogP contribution in [0.5, 0.6) is 0 Å². The second-order valence-corrected chi connectivity index (χ2v) is 5.43. The van der Waals surface area contributed by atoms with Crippen LogP contribution in [0.4, 0.5) is 14.9 Å². The molecule has 21 heavy (non-hydrogen) atoms. The molecule has 114 valence electrons. The minimum atomic E-state index is -0.456. The molecule has 0 radical (unpaired) electrons. The van der Waals surface area contributed by atoms with Gasteiger partial charge in [0.15, 0.2) is 0 Å². The third kappa shape index (κ3) is 3.71. The number of halogens is 1. The average Bonchev–Trinajstić information content (AvgIpc) is 2.48. The van der Waals surface area contributed by atoms with E-state index in [0.717, 1.165) is 6.42 Å². The number of benzene rings is 1. The van der Waals surface area contributed by atoms with Gasteiger partial charge in [0.25, 0.3) is 0 Å². The summed E-state index contributed by atoms with van der Waals surface area (Å²) in [5, 5.41) is 2.60. The lowest BCUT2D eigenvalue weighted by Gasteiger charge is -2.33. The Hall–Kier alpha value is -2.11. The van der Waals surface area contributed by atoms with Gasteiger partial charge >= 0.3 is 6.03 Å². The molecule has 5 nitrogen and oxygen atoms in total. The number of carbonyl (C=O) groups is 2. The summed E-state index contributed by atoms with van der Waals surface area (Å²) in [5.41, 5.74) is 0.179. The van der Waals surface area contributed by atoms with Crippen molar-refractivity contribution in [3.63, 3.8) is 0 Å². The number of piperidine rings is 1. The highest BCUT2D eigenvalue weighted by Gasteiger charge is 2.29. The van der Waals surface area contributed by atoms with Crippen molar-refractivity contribution in [3.8, 4) is 0 Å². The molecule has 1 aromatic carbocycles. The van der Waals surface area contributed by atoms with Gasteiger partial charge in [-0.25, -0.2) is 9.18 Å². The predicted octanol–water partition coefficient (Wildman–Crippen LogP) is 2.16. The van der Waals surface area contributed by atoms with Crippen LogP contribution < -0.4 is 5.32 Å². The van der Waals surface area contributed by atoms with Crippen LogP contribution in [0.2, 0.25) is 0 Å². The Bertz CT molecular complexity index is 533. The van der Waals surface area contributed by atoms with Crippen LogP contribution in [0.25, 0.3) is 0 Å². The van der Waals surface area contributed by atoms with Crippen LogP contribution in [0.15, 0.2) is 24.3 Å². The van der Waals surface area contributed by atoms with Crippen molar-refractivity contribution >= 4 is 17.6 Å². The second-order valence-electron chi connectivity index (χ2n) is 5.43. The molecule has 1 N–H and O–H groups in total. The maximum absolute atomic E-state index is 13.5. The number of hydrogen-bond donors (Lipinski definition) is 1. The molecule has 1 heterocycles. The van der Waals surface area contributed by atoms with Gasteiger partial charge in [0.2, 0.25) is 5.91 Å². The molecule has 2 rings (SSSR count). The zero-order valence-corrected chi connectivity index (χ0v) is 12.3. The van der Waals surface area contributed by atoms with E-state index in [9.17, 15) is 14.0 Å². The quantitative estimate of drug-likeness (QED) is 0.908. The monoisotopic (exact) mass is 293 g/mol. The molecule has 1 atom stereocenters. The summed E-state index contributed by atoms with van der Waals surface area (Å²) in [7, 11) is 3.37. The van der Waals surface area contributed by atoms with Crippen molar-refractivity contribution in [3.05, 3.63) is 30.1 Å². The standard InChI is InChI=1S/C15H20FN3O2/c1-18(2)15(21)19-9-5-6-11(10-19)14(20)17-13-8-4-3-7-12(13)16/h3-4,7-8,11H,5-6,9-10H2,1-2H3,(H,17,20). The molecule has 3 amide bonds. The molecule has 1 aliphatic heterocycles. The fourth-order valence-electron chi connectivity index (χ4n) is 2.45. The van der Waals surface area contributed by atoms with Gasteiger partial charge in [-0.2, -0.15) is 0 Å². The van der Waals surface area contributed by atoms with E-state index in [0.29, 0.717) is 19.5 Å². The topological polar surface area (TPSA) is 52.7 Å². The first-order valence-corrected chi connectivity index (χ1v) is 7.00. The van der Waals surface area contributed by atoms with Crippen molar-refractivity contribution in [2.75, 3.05) is 32.5 Å². The number of anilines is 1. The molecular formula is C15H20FN3O2. The van der Waals surface area contributed by atoms with Crippen molar-refractivity contribution < 1.29 is 14.0 Å². The molecule has 0 saturated carbocycles. The summed E-state index contributed by atoms with van der Waals surface area (Å²) in [4.78, 5) is 27.3. The number of urea groups is 1. The third-order valence-electron chi connectivity index (χ3n) is 3.58. The maximum atomic E-state index is 13.5. The summed E-state index contributed by atoms with van der Waals surface area (Å²) in [6.07, 6.45) is 1.48. The smallest absolute Gasteiger partial charge is 0.319 e. The number of hydrogen-bond acceptors (Lipinski definition) is 2. The Labute approximate surface area is 123 Å². The van der Waals surface area contributed by atoms with Gasteiger partial charge in [0.1, 0.15) is 5.82 Å². The number of nitrogens with zero attached hydrogens (tertiary/aromatic N) is 2. The van der Waals surface area contributed by atoms with Gasteiger partial charge in [0, 0.05) is 27.2 Å². The van der Waals surface area contributed by atoms with Crippen LogP contribution in [-0.4, -0.2) is 48.9 Å². The van der Waals surface area contributed by atoms with Gasteiger partial charge in [-0.3, -0.25) is 4.79 Å². The number of carbonyl (C=O) groups excluding carboxylic acids is 2. The van der Waals surface area contributed by atoms with Crippen molar-refractivity contribution in [1.29, 1.82) is 0 Å². The van der Waals surface area contributed by atoms with Gasteiger partial charge in [0.05, 0.1) is 11.6 Å². The zero-order valence-electron chi connectivity index (χ0n) is 12.3. The van der Waals surface area contributed by atoms with Crippen LogP contribution in [0.3, 0.4) is 0 Å². The van der Waals surface area contributed by atoms with E-state index in [1.54, 1.807) is 31.1 Å². The summed E-state index contributed by atoms with van der Waals surface area (Å²) < 4.78 is 13.5. The molecule has 0 bridgehead atoms. The molecule has 1 aliphatic rings. The molecule has 1 fully saturated rings. The number of likely N-dealkylation sites (tertiary alicyclic amines) is 1. The minimum absolute atomic E-state index is 0.0987. The lowest BCUT2D eigenvalue weighted by Crippen LogP contribution is -2.47. The van der Waals surface area contributed by atoms with Crippen LogP contribution in [-0.2, 0) is 4.79 Å². The summed E-state index contributed by atoms with van der Waals surface area (Å²) in [5.74, 6) is -0.999. The summed E-state index contributed by atoms with van der Waals surface area (Å²) in [6.45, 7) is 1.03. The summed E-state index contributed by atoms with van der Waals surface area (Å²) in [6, 6.07) is 5.97. The molecule has 1 saturated heterocycles. The lowest BCUT2D eigenvalue weighted by molar-refractivity contribution is -0.121. The number of amides is 3. The third-order valence-corrected chi connectivity index (χ3v) is 3.58. The molecule has 6 heteroatoms. The lowest BCUT2D eigenvalue weighted by atomic mass is 9.97. The van der Waals surface area contributed by atoms with Crippen molar-refractivity contribution in [2.24, 2.45) is 5.92 Å². The minimum Gasteiger partial charge on any atom is -0.331 e. The molecule has 0 aromatic heterocycles. The first-order chi connectivity index (χ1) is 9.99. The van der Waals surface area contributed by atoms with E-state index in [1.807, 2.05) is 0 Å². The highest BCUT2D eigenvalue weighted by Crippen LogP contribution is 2.20. The first kappa shape index (κ1) is 15.3. The summed E-state index contributed by atoms with van der Waals surface area (Å²) >= 11 is 0. The van der Waals surface area contributed by atoms with E-state index in [4.69, 9.17) is 0 Å². The highest BCUT2D eigenvalue weighted by molar-refractivity contribution is 5.93. The largest absolute Gasteiger partial charge is 0.331 e. The number of rotatable bonds is 2. The number of para-hydroxylation sites is 1. The van der Waals surface area contributed by atoms with Crippen molar-refractivity contribution in [1.82, 2.24) is 9.80 Å². The van der Waals surface area contributed by atoms with E-state index in [-0.39, 0.29) is 23.5 Å². The van der Waals surface area contributed by atoms with E-state index < -0.39 is 5.82 Å². The Balaban J connectivity index is 1.99. The fraction of sp³-hybridized carbons (Fsp3) is 0.467. The Morgan fingerprint density at radius 3 is 2.71 bits per heavy atom. The zero-order chi connectivity index (χ0) is 15.4. The number of nitrogens with one attached hydrogen (secondary N) is 1. The van der Waals surface area contributed by atoms with E-state index >= 15 is 0 Å². The van der Waals surface area contributed by atoms with Crippen LogP contribution in [0, 0.1) is 11.7 Å². The maximum Gasteiger partial charge on any atom is 0.319 e. The van der Waals surface area contributed by atoms with E-state index in [2.05, 4.69) is 5.32 Å². The molecule has 0 spiro atoms. The van der Waals surface area contributed by atoms with Crippen LogP contribution in [0.1, 0.15) is 12.8 Å². The fourth-order valence-corrected chi connectivity index (χ4v) is 2.45.